The van der Waals surface area contributed by atoms with E-state index in [2.05, 4.69) is 38.7 Å². The second kappa shape index (κ2) is 6.97. The average molecular weight is 439 g/mol. The first-order valence-electron chi connectivity index (χ1n) is 11.7. The molecule has 2 aliphatic heterocycles. The van der Waals surface area contributed by atoms with Gasteiger partial charge in [-0.2, -0.15) is 0 Å². The van der Waals surface area contributed by atoms with E-state index in [0.717, 1.165) is 41.6 Å². The van der Waals surface area contributed by atoms with Gasteiger partial charge in [-0.15, -0.1) is 0 Å². The van der Waals surface area contributed by atoms with Crippen LogP contribution in [0.5, 0.6) is 0 Å². The molecule has 3 fully saturated rings. The van der Waals surface area contributed by atoms with E-state index in [-0.39, 0.29) is 29.4 Å². The quantitative estimate of drug-likeness (QED) is 0.706. The Morgan fingerprint density at radius 1 is 1.19 bits per heavy atom. The number of nitrogens with zero attached hydrogens (tertiary/aromatic N) is 2. The molecule has 3 aliphatic rings. The zero-order valence-electron chi connectivity index (χ0n) is 20.2. The highest BCUT2D eigenvalue weighted by Gasteiger charge is 2.52. The van der Waals surface area contributed by atoms with Crippen molar-refractivity contribution >= 4 is 29.7 Å². The number of ether oxygens (including phenoxy) is 1. The number of amides is 1. The number of fused-ring (bicyclic) bond motifs is 3. The Hall–Kier alpha value is -2.06. The molecule has 1 N–H and O–H groups in total. The summed E-state index contributed by atoms with van der Waals surface area (Å²) in [6.07, 6.45) is 2.92. The van der Waals surface area contributed by atoms with Crippen LogP contribution in [-0.2, 0) is 14.0 Å². The second-order valence-corrected chi connectivity index (χ2v) is 11.5. The van der Waals surface area contributed by atoms with Crippen LogP contribution in [0.1, 0.15) is 79.6 Å². The first kappa shape index (κ1) is 21.8. The van der Waals surface area contributed by atoms with Gasteiger partial charge in [-0.1, -0.05) is 6.07 Å². The summed E-state index contributed by atoms with van der Waals surface area (Å²) < 4.78 is 18.2. The second-order valence-electron chi connectivity index (χ2n) is 11.5. The van der Waals surface area contributed by atoms with Crippen LogP contribution in [0.25, 0.3) is 11.0 Å². The molecule has 1 aromatic heterocycles. The minimum absolute atomic E-state index is 0.0729. The van der Waals surface area contributed by atoms with Crippen LogP contribution in [0.15, 0.2) is 18.2 Å². The fraction of sp³-hybridized carbons (Fsp3) is 0.667. The van der Waals surface area contributed by atoms with E-state index in [4.69, 9.17) is 19.0 Å². The fourth-order valence-electron chi connectivity index (χ4n) is 5.23. The van der Waals surface area contributed by atoms with E-state index in [0.29, 0.717) is 5.92 Å². The molecule has 3 atom stereocenters. The van der Waals surface area contributed by atoms with Crippen molar-refractivity contribution in [1.82, 2.24) is 14.9 Å². The molecular weight excluding hydrogens is 405 g/mol. The number of rotatable bonds is 2. The van der Waals surface area contributed by atoms with E-state index in [9.17, 15) is 4.79 Å². The van der Waals surface area contributed by atoms with E-state index in [1.807, 2.05) is 37.8 Å². The Kier molecular flexibility index (Phi) is 4.74. The number of aromatic amines is 1. The topological polar surface area (TPSA) is 76.7 Å². The standard InChI is InChI=1S/C24H34BN3O4/c1-22(2,3)30-21(29)28-16-10-8-14(12-16)19(28)20-26-17-11-9-15(13-18(17)27-20)25-31-23(4,5)24(6,7)32-25/h9,11,13-14,16,19H,8,10,12H2,1-7H3,(H,26,27)/t14-,16?,19-/m0/s1. The van der Waals surface area contributed by atoms with E-state index >= 15 is 0 Å². The molecule has 2 aromatic rings. The summed E-state index contributed by atoms with van der Waals surface area (Å²) in [5.41, 5.74) is 1.48. The van der Waals surface area contributed by atoms with Gasteiger partial charge in [-0.3, -0.25) is 4.90 Å². The Balaban J connectivity index is 1.44. The maximum atomic E-state index is 13.0. The lowest BCUT2D eigenvalue weighted by Crippen LogP contribution is -2.43. The molecule has 7 nitrogen and oxygen atoms in total. The molecule has 1 aliphatic carbocycles. The van der Waals surface area contributed by atoms with Gasteiger partial charge in [0.2, 0.25) is 0 Å². The number of hydrogen-bond acceptors (Lipinski definition) is 5. The highest BCUT2D eigenvalue weighted by molar-refractivity contribution is 6.62. The number of imidazole rings is 1. The molecule has 2 bridgehead atoms. The van der Waals surface area contributed by atoms with Gasteiger partial charge in [0, 0.05) is 6.04 Å². The van der Waals surface area contributed by atoms with Crippen molar-refractivity contribution < 1.29 is 18.8 Å². The van der Waals surface area contributed by atoms with Gasteiger partial charge in [-0.25, -0.2) is 9.78 Å². The molecule has 172 valence electrons. The van der Waals surface area contributed by atoms with Crippen LogP contribution < -0.4 is 5.46 Å². The van der Waals surface area contributed by atoms with Gasteiger partial charge >= 0.3 is 13.2 Å². The third kappa shape index (κ3) is 3.52. The fourth-order valence-corrected chi connectivity index (χ4v) is 5.23. The Labute approximate surface area is 190 Å². The predicted molar refractivity (Wildman–Crippen MR) is 124 cm³/mol. The average Bonchev–Trinajstić information content (AvgIpc) is 3.41. The highest BCUT2D eigenvalue weighted by atomic mass is 16.7. The minimum Gasteiger partial charge on any atom is -0.444 e. The molecular formula is C24H34BN3O4. The van der Waals surface area contributed by atoms with Crippen LogP contribution >= 0.6 is 0 Å². The lowest BCUT2D eigenvalue weighted by Gasteiger charge is -2.35. The van der Waals surface area contributed by atoms with Crippen molar-refractivity contribution in [3.05, 3.63) is 24.0 Å². The molecule has 0 radical (unpaired) electrons. The Morgan fingerprint density at radius 3 is 2.53 bits per heavy atom. The lowest BCUT2D eigenvalue weighted by molar-refractivity contribution is 0.00578. The number of carbonyl (C=O) groups is 1. The molecule has 1 saturated carbocycles. The van der Waals surface area contributed by atoms with E-state index in [1.54, 1.807) is 0 Å². The summed E-state index contributed by atoms with van der Waals surface area (Å²) in [5.74, 6) is 1.25. The molecule has 2 saturated heterocycles. The van der Waals surface area contributed by atoms with Crippen molar-refractivity contribution in [2.75, 3.05) is 0 Å². The number of carbonyl (C=O) groups excluding carboxylic acids is 1. The predicted octanol–water partition coefficient (Wildman–Crippen LogP) is 4.32. The zero-order chi connectivity index (χ0) is 23.1. The molecule has 1 aromatic carbocycles. The third-order valence-electron chi connectivity index (χ3n) is 7.52. The summed E-state index contributed by atoms with van der Waals surface area (Å²) in [6, 6.07) is 6.23. The van der Waals surface area contributed by atoms with Gasteiger partial charge in [0.05, 0.1) is 28.3 Å². The molecule has 1 unspecified atom stereocenters. The van der Waals surface area contributed by atoms with Gasteiger partial charge in [-0.05, 0) is 91.2 Å². The monoisotopic (exact) mass is 439 g/mol. The first-order valence-corrected chi connectivity index (χ1v) is 11.7. The van der Waals surface area contributed by atoms with E-state index < -0.39 is 12.7 Å². The van der Waals surface area contributed by atoms with Crippen LogP contribution in [0.4, 0.5) is 4.79 Å². The van der Waals surface area contributed by atoms with Crippen molar-refractivity contribution in [3.8, 4) is 0 Å². The van der Waals surface area contributed by atoms with Crippen molar-refractivity contribution in [3.63, 3.8) is 0 Å². The summed E-state index contributed by atoms with van der Waals surface area (Å²) in [5, 5.41) is 0. The molecule has 1 amide bonds. The molecule has 32 heavy (non-hydrogen) atoms. The van der Waals surface area contributed by atoms with Crippen LogP contribution in [-0.4, -0.2) is 50.9 Å². The number of nitrogens with one attached hydrogen (secondary N) is 1. The molecule has 3 heterocycles. The Morgan fingerprint density at radius 2 is 1.88 bits per heavy atom. The molecule has 5 rings (SSSR count). The van der Waals surface area contributed by atoms with Crippen molar-refractivity contribution in [1.29, 1.82) is 0 Å². The maximum Gasteiger partial charge on any atom is 0.494 e. The Bertz CT molecular complexity index is 1040. The largest absolute Gasteiger partial charge is 0.494 e. The SMILES string of the molecule is CC(C)(C)OC(=O)N1C2CC[C@@H](C2)[C@H]1c1nc2ccc(B3OC(C)(C)C(C)(C)O3)cc2[nH]1. The van der Waals surface area contributed by atoms with Crippen molar-refractivity contribution in [2.45, 2.75) is 96.6 Å². The number of likely N-dealkylation sites (tertiary alicyclic amines) is 1. The molecule has 8 heteroatoms. The normalized spacial score (nSPS) is 28.7. The number of piperidine rings is 1. The first-order chi connectivity index (χ1) is 14.8. The summed E-state index contributed by atoms with van der Waals surface area (Å²) >= 11 is 0. The lowest BCUT2D eigenvalue weighted by atomic mass is 9.79. The molecule has 0 spiro atoms. The number of H-pyrrole nitrogens is 1. The van der Waals surface area contributed by atoms with Gasteiger partial charge in [0.25, 0.3) is 0 Å². The van der Waals surface area contributed by atoms with E-state index in [1.165, 1.54) is 0 Å². The summed E-state index contributed by atoms with van der Waals surface area (Å²) in [4.78, 5) is 23.3. The smallest absolute Gasteiger partial charge is 0.444 e. The summed E-state index contributed by atoms with van der Waals surface area (Å²) in [6.45, 7) is 14.0. The van der Waals surface area contributed by atoms with Crippen molar-refractivity contribution in [2.24, 2.45) is 5.92 Å². The van der Waals surface area contributed by atoms with Crippen LogP contribution in [0.3, 0.4) is 0 Å². The minimum atomic E-state index is -0.519. The van der Waals surface area contributed by atoms with Crippen LogP contribution in [0.2, 0.25) is 0 Å². The summed E-state index contributed by atoms with van der Waals surface area (Å²) in [7, 11) is -0.420. The maximum absolute atomic E-state index is 13.0. The zero-order valence-corrected chi connectivity index (χ0v) is 20.2. The van der Waals surface area contributed by atoms with Gasteiger partial charge in [0.1, 0.15) is 11.4 Å². The number of aromatic nitrogens is 2. The van der Waals surface area contributed by atoms with Crippen LogP contribution in [0, 0.1) is 5.92 Å². The number of benzene rings is 1. The number of hydrogen-bond donors (Lipinski definition) is 1. The van der Waals surface area contributed by atoms with Gasteiger partial charge in [0.15, 0.2) is 0 Å². The third-order valence-corrected chi connectivity index (χ3v) is 7.52. The highest BCUT2D eigenvalue weighted by Crippen LogP contribution is 2.50. The van der Waals surface area contributed by atoms with Gasteiger partial charge < -0.3 is 19.0 Å².